The van der Waals surface area contributed by atoms with E-state index in [9.17, 15) is 18.0 Å². The molecule has 2 rings (SSSR count). The van der Waals surface area contributed by atoms with Crippen molar-refractivity contribution in [3.8, 4) is 5.75 Å². The van der Waals surface area contributed by atoms with Crippen LogP contribution in [0.3, 0.4) is 0 Å². The van der Waals surface area contributed by atoms with Crippen molar-refractivity contribution in [3.05, 3.63) is 77.3 Å². The predicted molar refractivity (Wildman–Crippen MR) is 84.4 cm³/mol. The first-order chi connectivity index (χ1) is 11.4. The third kappa shape index (κ3) is 4.49. The largest absolute Gasteiger partial charge is 0.478 e. The smallest absolute Gasteiger partial charge is 0.344 e. The minimum atomic E-state index is -2.51. The Morgan fingerprint density at radius 3 is 2.00 bits per heavy atom. The Hall–Kier alpha value is -3.02. The van der Waals surface area contributed by atoms with Gasteiger partial charge in [0.1, 0.15) is 5.75 Å². The maximum absolute atomic E-state index is 12.7. The van der Waals surface area contributed by atoms with Gasteiger partial charge in [-0.2, -0.15) is 13.2 Å². The van der Waals surface area contributed by atoms with Gasteiger partial charge in [-0.05, 0) is 47.9 Å². The Morgan fingerprint density at radius 1 is 0.958 bits per heavy atom. The van der Waals surface area contributed by atoms with E-state index in [0.717, 1.165) is 16.7 Å². The molecule has 0 heterocycles. The summed E-state index contributed by atoms with van der Waals surface area (Å²) in [5.74, 6) is -1.04. The van der Waals surface area contributed by atoms with Crippen molar-refractivity contribution in [1.29, 1.82) is 0 Å². The van der Waals surface area contributed by atoms with Crippen LogP contribution in [0.2, 0.25) is 0 Å². The summed E-state index contributed by atoms with van der Waals surface area (Å²) in [6.07, 6.45) is -0.693. The highest BCUT2D eigenvalue weighted by Crippen LogP contribution is 2.22. The number of carboxylic acids is 1. The van der Waals surface area contributed by atoms with Gasteiger partial charge in [0.15, 0.2) is 0 Å². The normalized spacial score (nSPS) is 11.1. The molecule has 0 radical (unpaired) electrons. The van der Waals surface area contributed by atoms with E-state index in [-0.39, 0.29) is 11.3 Å². The first-order valence-electron chi connectivity index (χ1n) is 6.87. The van der Waals surface area contributed by atoms with Gasteiger partial charge in [0.05, 0.1) is 5.56 Å². The number of hydrogen-bond acceptors (Lipinski definition) is 2. The standard InChI is InChI=1S/C18H13F3O3/c1-11(13-4-6-14(7-5-13)18(22)23)10-12-2-8-15(9-3-12)24-17(21)16(19)20/h2-10H,1H3,(H,22,23)/b11-10+. The molecule has 124 valence electrons. The molecule has 0 aliphatic heterocycles. The maximum atomic E-state index is 12.7. The van der Waals surface area contributed by atoms with Crippen molar-refractivity contribution in [2.24, 2.45) is 0 Å². The molecule has 0 saturated heterocycles. The van der Waals surface area contributed by atoms with Gasteiger partial charge in [0.2, 0.25) is 0 Å². The zero-order valence-electron chi connectivity index (χ0n) is 12.6. The summed E-state index contributed by atoms with van der Waals surface area (Å²) in [7, 11) is 0. The molecular formula is C18H13F3O3. The lowest BCUT2D eigenvalue weighted by Gasteiger charge is -2.05. The average molecular weight is 334 g/mol. The van der Waals surface area contributed by atoms with Crippen molar-refractivity contribution in [3.63, 3.8) is 0 Å². The first kappa shape index (κ1) is 17.3. The molecule has 0 aliphatic carbocycles. The number of rotatable bonds is 5. The number of halogens is 3. The molecule has 0 unspecified atom stereocenters. The highest BCUT2D eigenvalue weighted by atomic mass is 19.3. The van der Waals surface area contributed by atoms with Crippen LogP contribution in [0, 0.1) is 0 Å². The number of carbonyl (C=O) groups is 1. The van der Waals surface area contributed by atoms with Crippen molar-refractivity contribution >= 4 is 17.6 Å². The van der Waals surface area contributed by atoms with Crippen molar-refractivity contribution in [2.75, 3.05) is 0 Å². The molecule has 0 amide bonds. The molecule has 24 heavy (non-hydrogen) atoms. The second kappa shape index (κ2) is 7.50. The minimum absolute atomic E-state index is 0.0408. The molecular weight excluding hydrogens is 321 g/mol. The summed E-state index contributed by atoms with van der Waals surface area (Å²) >= 11 is 0. The Kier molecular flexibility index (Phi) is 5.42. The summed E-state index contributed by atoms with van der Waals surface area (Å²) in [5, 5.41) is 8.87. The lowest BCUT2D eigenvalue weighted by Crippen LogP contribution is -1.95. The number of benzene rings is 2. The average Bonchev–Trinajstić information content (AvgIpc) is 2.56. The van der Waals surface area contributed by atoms with Crippen LogP contribution < -0.4 is 4.74 Å². The van der Waals surface area contributed by atoms with Crippen molar-refractivity contribution < 1.29 is 27.8 Å². The van der Waals surface area contributed by atoms with E-state index in [0.29, 0.717) is 0 Å². The highest BCUT2D eigenvalue weighted by molar-refractivity contribution is 5.88. The van der Waals surface area contributed by atoms with Gasteiger partial charge in [0.25, 0.3) is 0 Å². The molecule has 0 bridgehead atoms. The molecule has 2 aromatic carbocycles. The van der Waals surface area contributed by atoms with Gasteiger partial charge in [-0.3, -0.25) is 0 Å². The van der Waals surface area contributed by atoms with Crippen LogP contribution in [-0.4, -0.2) is 11.1 Å². The summed E-state index contributed by atoms with van der Waals surface area (Å²) in [4.78, 5) is 10.8. The number of aromatic carboxylic acids is 1. The Balaban J connectivity index is 2.15. The fourth-order valence-corrected chi connectivity index (χ4v) is 1.98. The first-order valence-corrected chi connectivity index (χ1v) is 6.87. The number of allylic oxidation sites excluding steroid dienone is 1. The summed E-state index contributed by atoms with van der Waals surface area (Å²) in [6, 6.07) is 10.4. The van der Waals surface area contributed by atoms with Crippen LogP contribution in [0.25, 0.3) is 11.6 Å². The van der Waals surface area contributed by atoms with E-state index >= 15 is 0 Å². The van der Waals surface area contributed by atoms with E-state index in [4.69, 9.17) is 5.11 Å². The Morgan fingerprint density at radius 2 is 1.50 bits per heavy atom. The third-order valence-electron chi connectivity index (χ3n) is 3.21. The lowest BCUT2D eigenvalue weighted by atomic mass is 10.0. The molecule has 0 atom stereocenters. The second-order valence-corrected chi connectivity index (χ2v) is 4.92. The summed E-state index contributed by atoms with van der Waals surface area (Å²) in [6.45, 7) is 1.85. The van der Waals surface area contributed by atoms with E-state index in [1.165, 1.54) is 24.3 Å². The monoisotopic (exact) mass is 334 g/mol. The summed E-state index contributed by atoms with van der Waals surface area (Å²) < 4.78 is 41.0. The van der Waals surface area contributed by atoms with E-state index in [1.807, 2.05) is 13.0 Å². The number of hydrogen-bond donors (Lipinski definition) is 1. The molecule has 2 aromatic rings. The predicted octanol–water partition coefficient (Wildman–Crippen LogP) is 5.36. The fourth-order valence-electron chi connectivity index (χ4n) is 1.98. The number of carboxylic acid groups (broad SMARTS) is 1. The summed E-state index contributed by atoms with van der Waals surface area (Å²) in [5.41, 5.74) is 2.67. The Labute approximate surface area is 136 Å². The number of ether oxygens (including phenoxy) is 1. The zero-order valence-corrected chi connectivity index (χ0v) is 12.6. The van der Waals surface area contributed by atoms with Crippen LogP contribution in [0.1, 0.15) is 28.4 Å². The molecule has 0 saturated carbocycles. The van der Waals surface area contributed by atoms with E-state index in [1.54, 1.807) is 24.3 Å². The quantitative estimate of drug-likeness (QED) is 0.591. The van der Waals surface area contributed by atoms with Gasteiger partial charge in [-0.1, -0.05) is 30.3 Å². The minimum Gasteiger partial charge on any atom is -0.478 e. The van der Waals surface area contributed by atoms with Crippen LogP contribution in [0.15, 0.2) is 60.6 Å². The molecule has 0 aromatic heterocycles. The van der Waals surface area contributed by atoms with Gasteiger partial charge in [-0.25, -0.2) is 4.79 Å². The van der Waals surface area contributed by atoms with Crippen LogP contribution in [-0.2, 0) is 0 Å². The van der Waals surface area contributed by atoms with Crippen LogP contribution in [0.5, 0.6) is 5.75 Å². The zero-order chi connectivity index (χ0) is 17.7. The van der Waals surface area contributed by atoms with E-state index < -0.39 is 18.1 Å². The fraction of sp³-hybridized carbons (Fsp3) is 0.0556. The van der Waals surface area contributed by atoms with Gasteiger partial charge < -0.3 is 9.84 Å². The van der Waals surface area contributed by atoms with Crippen LogP contribution >= 0.6 is 0 Å². The molecule has 0 fully saturated rings. The lowest BCUT2D eigenvalue weighted by molar-refractivity contribution is 0.0697. The Bertz CT molecular complexity index is 787. The SMILES string of the molecule is C/C(=C\c1ccc(OC(F)=C(F)F)cc1)c1ccc(C(=O)O)cc1. The molecule has 3 nitrogen and oxygen atoms in total. The topological polar surface area (TPSA) is 46.5 Å². The van der Waals surface area contributed by atoms with E-state index in [2.05, 4.69) is 4.74 Å². The van der Waals surface area contributed by atoms with Gasteiger partial charge in [0, 0.05) is 0 Å². The second-order valence-electron chi connectivity index (χ2n) is 4.92. The van der Waals surface area contributed by atoms with Crippen molar-refractivity contribution in [1.82, 2.24) is 0 Å². The maximum Gasteiger partial charge on any atom is 0.344 e. The molecule has 6 heteroatoms. The highest BCUT2D eigenvalue weighted by Gasteiger charge is 2.07. The molecule has 1 N–H and O–H groups in total. The molecule has 0 aliphatic rings. The van der Waals surface area contributed by atoms with Crippen LogP contribution in [0.4, 0.5) is 13.2 Å². The van der Waals surface area contributed by atoms with Gasteiger partial charge >= 0.3 is 18.1 Å². The third-order valence-corrected chi connectivity index (χ3v) is 3.21. The molecule has 0 spiro atoms. The van der Waals surface area contributed by atoms with Crippen molar-refractivity contribution in [2.45, 2.75) is 6.92 Å². The van der Waals surface area contributed by atoms with Gasteiger partial charge in [-0.15, -0.1) is 0 Å².